The van der Waals surface area contributed by atoms with Crippen molar-refractivity contribution in [3.05, 3.63) is 59.4 Å². The van der Waals surface area contributed by atoms with E-state index in [4.69, 9.17) is 5.11 Å². The van der Waals surface area contributed by atoms with Crippen LogP contribution in [0, 0.1) is 6.92 Å². The van der Waals surface area contributed by atoms with E-state index >= 15 is 0 Å². The number of aromatic nitrogens is 1. The van der Waals surface area contributed by atoms with Crippen molar-refractivity contribution < 1.29 is 14.7 Å². The molecule has 2 rings (SSSR count). The summed E-state index contributed by atoms with van der Waals surface area (Å²) >= 11 is 0. The first-order chi connectivity index (χ1) is 9.97. The molecule has 0 atom stereocenters. The highest BCUT2D eigenvalue weighted by atomic mass is 16.4. The van der Waals surface area contributed by atoms with Crippen molar-refractivity contribution in [2.45, 2.75) is 20.0 Å². The fraction of sp³-hybridized carbons (Fsp3) is 0.250. The largest absolute Gasteiger partial charge is 0.477 e. The van der Waals surface area contributed by atoms with Crippen LogP contribution in [0.3, 0.4) is 0 Å². The molecule has 0 saturated heterocycles. The van der Waals surface area contributed by atoms with Crippen molar-refractivity contribution in [3.63, 3.8) is 0 Å². The molecular formula is C16H18N2O3. The molecule has 5 nitrogen and oxygen atoms in total. The SMILES string of the molecule is Cc1cccc(CN(C)C(=O)Cn2cccc2C(=O)O)c1. The van der Waals surface area contributed by atoms with E-state index in [1.54, 1.807) is 24.2 Å². The van der Waals surface area contributed by atoms with Gasteiger partial charge in [-0.15, -0.1) is 0 Å². The van der Waals surface area contributed by atoms with Crippen molar-refractivity contribution in [1.82, 2.24) is 9.47 Å². The summed E-state index contributed by atoms with van der Waals surface area (Å²) < 4.78 is 1.44. The van der Waals surface area contributed by atoms with E-state index < -0.39 is 5.97 Å². The first-order valence-electron chi connectivity index (χ1n) is 6.65. The van der Waals surface area contributed by atoms with Crippen LogP contribution >= 0.6 is 0 Å². The summed E-state index contributed by atoms with van der Waals surface area (Å²) in [6, 6.07) is 11.1. The number of carbonyl (C=O) groups excluding carboxylic acids is 1. The zero-order valence-corrected chi connectivity index (χ0v) is 12.1. The number of hydrogen-bond donors (Lipinski definition) is 1. The molecule has 0 bridgehead atoms. The third-order valence-electron chi connectivity index (χ3n) is 3.28. The lowest BCUT2D eigenvalue weighted by molar-refractivity contribution is -0.131. The number of carbonyl (C=O) groups is 2. The van der Waals surface area contributed by atoms with Crippen LogP contribution in [-0.2, 0) is 17.9 Å². The maximum Gasteiger partial charge on any atom is 0.352 e. The molecule has 0 aliphatic rings. The van der Waals surface area contributed by atoms with E-state index in [2.05, 4.69) is 0 Å². The molecule has 1 heterocycles. The summed E-state index contributed by atoms with van der Waals surface area (Å²) in [5.41, 5.74) is 2.32. The topological polar surface area (TPSA) is 62.5 Å². The smallest absolute Gasteiger partial charge is 0.352 e. The Hall–Kier alpha value is -2.56. The maximum absolute atomic E-state index is 12.2. The molecule has 2 aromatic rings. The number of nitrogens with zero attached hydrogens (tertiary/aromatic N) is 2. The van der Waals surface area contributed by atoms with Crippen molar-refractivity contribution in [2.24, 2.45) is 0 Å². The van der Waals surface area contributed by atoms with Gasteiger partial charge < -0.3 is 14.6 Å². The van der Waals surface area contributed by atoms with E-state index in [0.29, 0.717) is 6.54 Å². The first kappa shape index (κ1) is 14.8. The van der Waals surface area contributed by atoms with Gasteiger partial charge in [0, 0.05) is 19.8 Å². The summed E-state index contributed by atoms with van der Waals surface area (Å²) in [5.74, 6) is -1.16. The first-order valence-corrected chi connectivity index (χ1v) is 6.65. The molecule has 5 heteroatoms. The van der Waals surface area contributed by atoms with Crippen LogP contribution in [0.5, 0.6) is 0 Å². The summed E-state index contributed by atoms with van der Waals surface area (Å²) in [6.45, 7) is 2.53. The third-order valence-corrected chi connectivity index (χ3v) is 3.28. The summed E-state index contributed by atoms with van der Waals surface area (Å²) in [4.78, 5) is 24.8. The number of hydrogen-bond acceptors (Lipinski definition) is 2. The highest BCUT2D eigenvalue weighted by molar-refractivity contribution is 5.86. The molecule has 0 radical (unpaired) electrons. The van der Waals surface area contributed by atoms with Crippen molar-refractivity contribution in [1.29, 1.82) is 0 Å². The Morgan fingerprint density at radius 1 is 1.24 bits per heavy atom. The van der Waals surface area contributed by atoms with E-state index in [9.17, 15) is 9.59 Å². The minimum Gasteiger partial charge on any atom is -0.477 e. The molecule has 0 aliphatic carbocycles. The second-order valence-electron chi connectivity index (χ2n) is 5.07. The van der Waals surface area contributed by atoms with Gasteiger partial charge in [0.05, 0.1) is 0 Å². The zero-order valence-electron chi connectivity index (χ0n) is 12.1. The van der Waals surface area contributed by atoms with Gasteiger partial charge in [-0.3, -0.25) is 4.79 Å². The standard InChI is InChI=1S/C16H18N2O3/c1-12-5-3-6-13(9-12)10-17(2)15(19)11-18-8-4-7-14(18)16(20)21/h3-9H,10-11H2,1-2H3,(H,20,21). The number of rotatable bonds is 5. The van der Waals surface area contributed by atoms with Gasteiger partial charge in [0.25, 0.3) is 0 Å². The Bertz CT molecular complexity index is 661. The van der Waals surface area contributed by atoms with E-state index in [1.807, 2.05) is 31.2 Å². The monoisotopic (exact) mass is 286 g/mol. The Morgan fingerprint density at radius 2 is 2.00 bits per heavy atom. The molecular weight excluding hydrogens is 268 g/mol. The third kappa shape index (κ3) is 3.72. The fourth-order valence-corrected chi connectivity index (χ4v) is 2.19. The minimum atomic E-state index is -1.03. The van der Waals surface area contributed by atoms with Crippen LogP contribution in [0.15, 0.2) is 42.6 Å². The zero-order chi connectivity index (χ0) is 15.4. The highest BCUT2D eigenvalue weighted by Crippen LogP contribution is 2.08. The van der Waals surface area contributed by atoms with Crippen molar-refractivity contribution in [3.8, 4) is 0 Å². The van der Waals surface area contributed by atoms with Crippen LogP contribution < -0.4 is 0 Å². The lowest BCUT2D eigenvalue weighted by Crippen LogP contribution is -2.30. The van der Waals surface area contributed by atoms with Crippen molar-refractivity contribution >= 4 is 11.9 Å². The number of carboxylic acids is 1. The normalized spacial score (nSPS) is 10.4. The minimum absolute atomic E-state index is 0.0248. The number of aromatic carboxylic acids is 1. The molecule has 0 fully saturated rings. The molecule has 1 N–H and O–H groups in total. The second kappa shape index (κ2) is 6.26. The Morgan fingerprint density at radius 3 is 2.67 bits per heavy atom. The molecule has 1 aromatic carbocycles. The van der Waals surface area contributed by atoms with Crippen LogP contribution in [-0.4, -0.2) is 33.5 Å². The summed E-state index contributed by atoms with van der Waals surface area (Å²) in [6.07, 6.45) is 1.60. The maximum atomic E-state index is 12.2. The molecule has 110 valence electrons. The van der Waals surface area contributed by atoms with Crippen LogP contribution in [0.4, 0.5) is 0 Å². The van der Waals surface area contributed by atoms with E-state index in [-0.39, 0.29) is 18.1 Å². The second-order valence-corrected chi connectivity index (χ2v) is 5.07. The molecule has 0 aliphatic heterocycles. The average Bonchev–Trinajstić information content (AvgIpc) is 2.87. The predicted octanol–water partition coefficient (Wildman–Crippen LogP) is 2.15. The van der Waals surface area contributed by atoms with Crippen LogP contribution in [0.2, 0.25) is 0 Å². The Balaban J connectivity index is 2.03. The Kier molecular flexibility index (Phi) is 4.42. The van der Waals surface area contributed by atoms with Gasteiger partial charge in [0.15, 0.2) is 0 Å². The van der Waals surface area contributed by atoms with Crippen LogP contribution in [0.25, 0.3) is 0 Å². The molecule has 0 saturated carbocycles. The number of carboxylic acid groups (broad SMARTS) is 1. The highest BCUT2D eigenvalue weighted by Gasteiger charge is 2.14. The van der Waals surface area contributed by atoms with Gasteiger partial charge in [-0.25, -0.2) is 4.79 Å². The molecule has 21 heavy (non-hydrogen) atoms. The van der Waals surface area contributed by atoms with Gasteiger partial charge in [0.2, 0.25) is 5.91 Å². The molecule has 0 unspecified atom stereocenters. The lowest BCUT2D eigenvalue weighted by atomic mass is 10.1. The molecule has 0 spiro atoms. The van der Waals surface area contributed by atoms with Gasteiger partial charge in [0.1, 0.15) is 12.2 Å². The number of aryl methyl sites for hydroxylation is 1. The lowest BCUT2D eigenvalue weighted by Gasteiger charge is -2.18. The van der Waals surface area contributed by atoms with E-state index in [0.717, 1.165) is 11.1 Å². The fourth-order valence-electron chi connectivity index (χ4n) is 2.19. The number of amides is 1. The molecule has 1 aromatic heterocycles. The van der Waals surface area contributed by atoms with Gasteiger partial charge >= 0.3 is 5.97 Å². The number of benzene rings is 1. The summed E-state index contributed by atoms with van der Waals surface area (Å²) in [7, 11) is 1.72. The summed E-state index contributed by atoms with van der Waals surface area (Å²) in [5, 5.41) is 9.03. The quantitative estimate of drug-likeness (QED) is 0.916. The average molecular weight is 286 g/mol. The van der Waals surface area contributed by atoms with Crippen LogP contribution in [0.1, 0.15) is 21.6 Å². The van der Waals surface area contributed by atoms with Gasteiger partial charge in [-0.2, -0.15) is 0 Å². The van der Waals surface area contributed by atoms with Gasteiger partial charge in [-0.1, -0.05) is 29.8 Å². The predicted molar refractivity (Wildman–Crippen MR) is 79.0 cm³/mol. The van der Waals surface area contributed by atoms with Crippen molar-refractivity contribution in [2.75, 3.05) is 7.05 Å². The van der Waals surface area contributed by atoms with E-state index in [1.165, 1.54) is 10.6 Å². The van der Waals surface area contributed by atoms with Gasteiger partial charge in [-0.05, 0) is 24.6 Å². The Labute approximate surface area is 123 Å². The number of likely N-dealkylation sites (N-methyl/N-ethyl adjacent to an activating group) is 1. The molecule has 1 amide bonds.